The van der Waals surface area contributed by atoms with Crippen molar-refractivity contribution in [3.63, 3.8) is 0 Å². The number of anilines is 1. The first kappa shape index (κ1) is 10.8. The Hall–Kier alpha value is -0.740. The van der Waals surface area contributed by atoms with Crippen molar-refractivity contribution in [2.45, 2.75) is 19.0 Å². The second-order valence-electron chi connectivity index (χ2n) is 3.97. The fourth-order valence-corrected chi connectivity index (χ4v) is 3.12. The largest absolute Gasteiger partial charge is 0.397 e. The Labute approximate surface area is 95.1 Å². The molecule has 1 aliphatic heterocycles. The van der Waals surface area contributed by atoms with Crippen molar-refractivity contribution in [1.29, 1.82) is 0 Å². The average Bonchev–Trinajstić information content (AvgIpc) is 2.74. The highest BCUT2D eigenvalue weighted by Gasteiger charge is 2.20. The molecule has 2 heterocycles. The molecule has 0 saturated carbocycles. The van der Waals surface area contributed by atoms with Gasteiger partial charge in [-0.25, -0.2) is 0 Å². The van der Waals surface area contributed by atoms with E-state index in [1.165, 1.54) is 17.9 Å². The third-order valence-electron chi connectivity index (χ3n) is 2.85. The highest BCUT2D eigenvalue weighted by Crippen LogP contribution is 2.23. The van der Waals surface area contributed by atoms with Gasteiger partial charge in [0.2, 0.25) is 0 Å². The van der Waals surface area contributed by atoms with E-state index < -0.39 is 0 Å². The van der Waals surface area contributed by atoms with Crippen LogP contribution in [0.25, 0.3) is 0 Å². The van der Waals surface area contributed by atoms with Crippen molar-refractivity contribution < 1.29 is 0 Å². The number of nitrogens with two attached hydrogens (primary N) is 1. The zero-order chi connectivity index (χ0) is 10.7. The maximum Gasteiger partial charge on any atom is 0.0772 e. The van der Waals surface area contributed by atoms with Gasteiger partial charge in [0.1, 0.15) is 0 Å². The lowest BCUT2D eigenvalue weighted by atomic mass is 10.2. The van der Waals surface area contributed by atoms with Crippen LogP contribution in [-0.2, 0) is 6.54 Å². The summed E-state index contributed by atoms with van der Waals surface area (Å²) in [6, 6.07) is 4.49. The molecule has 82 valence electrons. The summed E-state index contributed by atoms with van der Waals surface area (Å²) >= 11 is 2.03. The summed E-state index contributed by atoms with van der Waals surface area (Å²) in [4.78, 5) is 6.68. The van der Waals surface area contributed by atoms with Gasteiger partial charge >= 0.3 is 0 Å². The molecular weight excluding hydrogens is 206 g/mol. The zero-order valence-corrected chi connectivity index (χ0v) is 9.83. The number of hydrogen-bond acceptors (Lipinski definition) is 4. The topological polar surface area (TPSA) is 42.2 Å². The molecule has 1 unspecified atom stereocenters. The monoisotopic (exact) mass is 223 g/mol. The Kier molecular flexibility index (Phi) is 3.49. The zero-order valence-electron chi connectivity index (χ0n) is 9.02. The minimum Gasteiger partial charge on any atom is -0.397 e. The highest BCUT2D eigenvalue weighted by molar-refractivity contribution is 7.99. The van der Waals surface area contributed by atoms with Crippen LogP contribution in [0.5, 0.6) is 0 Å². The van der Waals surface area contributed by atoms with E-state index in [2.05, 4.69) is 16.9 Å². The van der Waals surface area contributed by atoms with Crippen LogP contribution in [-0.4, -0.2) is 34.5 Å². The molecule has 3 nitrogen and oxygen atoms in total. The minimum absolute atomic E-state index is 0.691. The van der Waals surface area contributed by atoms with Crippen molar-refractivity contribution in [2.75, 3.05) is 24.3 Å². The van der Waals surface area contributed by atoms with Gasteiger partial charge in [0, 0.05) is 24.5 Å². The first-order chi connectivity index (χ1) is 7.27. The van der Waals surface area contributed by atoms with Gasteiger partial charge in [0.25, 0.3) is 0 Å². The van der Waals surface area contributed by atoms with Crippen molar-refractivity contribution in [2.24, 2.45) is 0 Å². The molecule has 0 amide bonds. The van der Waals surface area contributed by atoms with Crippen LogP contribution < -0.4 is 5.73 Å². The van der Waals surface area contributed by atoms with Crippen LogP contribution in [0.1, 0.15) is 12.1 Å². The molecule has 2 rings (SSSR count). The van der Waals surface area contributed by atoms with Crippen LogP contribution in [0.2, 0.25) is 0 Å². The summed E-state index contributed by atoms with van der Waals surface area (Å²) in [7, 11) is 2.16. The molecule has 4 heteroatoms. The van der Waals surface area contributed by atoms with Gasteiger partial charge in [-0.1, -0.05) is 0 Å². The van der Waals surface area contributed by atoms with Crippen LogP contribution in [0.15, 0.2) is 18.3 Å². The first-order valence-electron chi connectivity index (χ1n) is 5.24. The van der Waals surface area contributed by atoms with E-state index in [9.17, 15) is 0 Å². The average molecular weight is 223 g/mol. The van der Waals surface area contributed by atoms with E-state index in [0.717, 1.165) is 17.9 Å². The maximum absolute atomic E-state index is 5.87. The Morgan fingerprint density at radius 1 is 1.67 bits per heavy atom. The fraction of sp³-hybridized carbons (Fsp3) is 0.545. The van der Waals surface area contributed by atoms with Crippen LogP contribution in [0.3, 0.4) is 0 Å². The van der Waals surface area contributed by atoms with E-state index in [1.807, 2.05) is 30.1 Å². The fourth-order valence-electron chi connectivity index (χ4n) is 1.82. The number of thioether (sulfide) groups is 1. The lowest BCUT2D eigenvalue weighted by Crippen LogP contribution is -2.31. The molecular formula is C11H17N3S. The van der Waals surface area contributed by atoms with Gasteiger partial charge in [0.15, 0.2) is 0 Å². The van der Waals surface area contributed by atoms with Crippen LogP contribution >= 0.6 is 11.8 Å². The summed E-state index contributed by atoms with van der Waals surface area (Å²) < 4.78 is 0. The molecule has 1 aromatic heterocycles. The van der Waals surface area contributed by atoms with Crippen LogP contribution in [0, 0.1) is 0 Å². The lowest BCUT2D eigenvalue weighted by molar-refractivity contribution is 0.252. The summed E-state index contributed by atoms with van der Waals surface area (Å²) in [6.45, 7) is 0.859. The van der Waals surface area contributed by atoms with Crippen LogP contribution in [0.4, 0.5) is 5.69 Å². The Bertz CT molecular complexity index is 323. The molecule has 0 spiro atoms. The van der Waals surface area contributed by atoms with Gasteiger partial charge in [-0.2, -0.15) is 11.8 Å². The van der Waals surface area contributed by atoms with E-state index in [1.54, 1.807) is 0 Å². The molecule has 0 radical (unpaired) electrons. The first-order valence-corrected chi connectivity index (χ1v) is 6.40. The van der Waals surface area contributed by atoms with E-state index in [4.69, 9.17) is 5.73 Å². The molecule has 1 saturated heterocycles. The Balaban J connectivity index is 1.99. The van der Waals surface area contributed by atoms with E-state index in [0.29, 0.717) is 6.04 Å². The number of aromatic nitrogens is 1. The standard InChI is InChI=1S/C11H17N3S/c1-14(9-4-6-15-8-9)7-11-10(12)3-2-5-13-11/h2-3,5,9H,4,6-8,12H2,1H3. The molecule has 2 N–H and O–H groups in total. The van der Waals surface area contributed by atoms with Gasteiger partial charge < -0.3 is 5.73 Å². The maximum atomic E-state index is 5.87. The number of rotatable bonds is 3. The Morgan fingerprint density at radius 3 is 3.20 bits per heavy atom. The third-order valence-corrected chi connectivity index (χ3v) is 4.00. The lowest BCUT2D eigenvalue weighted by Gasteiger charge is -2.23. The summed E-state index contributed by atoms with van der Waals surface area (Å²) in [5, 5.41) is 0. The SMILES string of the molecule is CN(Cc1ncccc1N)C1CCSC1. The summed E-state index contributed by atoms with van der Waals surface area (Å²) in [5.41, 5.74) is 7.67. The van der Waals surface area contributed by atoms with Gasteiger partial charge in [-0.15, -0.1) is 0 Å². The molecule has 15 heavy (non-hydrogen) atoms. The predicted octanol–water partition coefficient (Wildman–Crippen LogP) is 1.60. The molecule has 0 aromatic carbocycles. The number of hydrogen-bond donors (Lipinski definition) is 1. The van der Waals surface area contributed by atoms with Crippen molar-refractivity contribution in [3.05, 3.63) is 24.0 Å². The number of pyridine rings is 1. The van der Waals surface area contributed by atoms with Crippen molar-refractivity contribution >= 4 is 17.4 Å². The van der Waals surface area contributed by atoms with Crippen molar-refractivity contribution in [1.82, 2.24) is 9.88 Å². The quantitative estimate of drug-likeness (QED) is 0.845. The normalized spacial score (nSPS) is 21.1. The molecule has 1 aromatic rings. The molecule has 0 aliphatic carbocycles. The summed E-state index contributed by atoms with van der Waals surface area (Å²) in [6.07, 6.45) is 3.09. The number of nitrogen functional groups attached to an aromatic ring is 1. The van der Waals surface area contributed by atoms with E-state index in [-0.39, 0.29) is 0 Å². The second kappa shape index (κ2) is 4.86. The molecule has 1 fully saturated rings. The Morgan fingerprint density at radius 2 is 2.53 bits per heavy atom. The smallest absolute Gasteiger partial charge is 0.0772 e. The number of nitrogens with zero attached hydrogens (tertiary/aromatic N) is 2. The minimum atomic E-state index is 0.691. The molecule has 0 bridgehead atoms. The van der Waals surface area contributed by atoms with Gasteiger partial charge in [-0.3, -0.25) is 9.88 Å². The molecule has 1 atom stereocenters. The van der Waals surface area contributed by atoms with Gasteiger partial charge in [-0.05, 0) is 31.4 Å². The predicted molar refractivity (Wildman–Crippen MR) is 65.8 cm³/mol. The van der Waals surface area contributed by atoms with Crippen molar-refractivity contribution in [3.8, 4) is 0 Å². The van der Waals surface area contributed by atoms with E-state index >= 15 is 0 Å². The highest BCUT2D eigenvalue weighted by atomic mass is 32.2. The molecule has 1 aliphatic rings. The second-order valence-corrected chi connectivity index (χ2v) is 5.12. The third kappa shape index (κ3) is 2.63. The summed E-state index contributed by atoms with van der Waals surface area (Å²) in [5.74, 6) is 2.52. The van der Waals surface area contributed by atoms with Gasteiger partial charge in [0.05, 0.1) is 11.4 Å².